The zero-order valence-corrected chi connectivity index (χ0v) is 9.88. The van der Waals surface area contributed by atoms with Gasteiger partial charge in [-0.15, -0.1) is 0 Å². The first-order valence-electron chi connectivity index (χ1n) is 5.79. The molecule has 0 nitrogen and oxygen atoms in total. The summed E-state index contributed by atoms with van der Waals surface area (Å²) in [5.74, 6) is 6.53. The van der Waals surface area contributed by atoms with Crippen molar-refractivity contribution in [2.45, 2.75) is 26.7 Å². The zero-order chi connectivity index (χ0) is 11.4. The van der Waals surface area contributed by atoms with Gasteiger partial charge in [-0.05, 0) is 30.5 Å². The van der Waals surface area contributed by atoms with Crippen LogP contribution in [-0.2, 0) is 6.42 Å². The van der Waals surface area contributed by atoms with Gasteiger partial charge in [-0.2, -0.15) is 0 Å². The Morgan fingerprint density at radius 2 is 2.12 bits per heavy atom. The summed E-state index contributed by atoms with van der Waals surface area (Å²) in [6.45, 7) is 4.24. The van der Waals surface area contributed by atoms with E-state index in [1.54, 1.807) is 0 Å². The molecule has 0 unspecified atom stereocenters. The molecule has 0 amide bonds. The van der Waals surface area contributed by atoms with Gasteiger partial charge in [0.05, 0.1) is 0 Å². The average Bonchev–Trinajstić information content (AvgIpc) is 2.35. The van der Waals surface area contributed by atoms with Crippen molar-refractivity contribution < 1.29 is 0 Å². The van der Waals surface area contributed by atoms with Gasteiger partial charge in [0.15, 0.2) is 0 Å². The van der Waals surface area contributed by atoms with Crippen molar-refractivity contribution in [3.63, 3.8) is 0 Å². The normalized spacial score (nSPS) is 16.6. The molecule has 0 saturated heterocycles. The SMILES string of the molecule is C/C=C\C(CC)=C1\C#Cc2ccccc2C1. The van der Waals surface area contributed by atoms with E-state index in [1.165, 1.54) is 22.3 Å². The Kier molecular flexibility index (Phi) is 3.27. The zero-order valence-electron chi connectivity index (χ0n) is 9.88. The van der Waals surface area contributed by atoms with E-state index in [4.69, 9.17) is 0 Å². The number of allylic oxidation sites excluding steroid dienone is 4. The molecule has 0 N–H and O–H groups in total. The Morgan fingerprint density at radius 3 is 2.88 bits per heavy atom. The molecular formula is C16H16. The second-order valence-corrected chi connectivity index (χ2v) is 3.94. The first-order valence-corrected chi connectivity index (χ1v) is 5.79. The van der Waals surface area contributed by atoms with Crippen LogP contribution in [0.2, 0.25) is 0 Å². The molecule has 0 fully saturated rings. The molecule has 0 aliphatic heterocycles. The Morgan fingerprint density at radius 1 is 1.31 bits per heavy atom. The van der Waals surface area contributed by atoms with Gasteiger partial charge in [0.1, 0.15) is 0 Å². The Labute approximate surface area is 97.7 Å². The number of fused-ring (bicyclic) bond motifs is 1. The van der Waals surface area contributed by atoms with Gasteiger partial charge in [0, 0.05) is 17.6 Å². The van der Waals surface area contributed by atoms with Crippen LogP contribution < -0.4 is 0 Å². The third-order valence-corrected chi connectivity index (χ3v) is 2.87. The van der Waals surface area contributed by atoms with Crippen LogP contribution in [0.3, 0.4) is 0 Å². The molecule has 0 radical (unpaired) electrons. The van der Waals surface area contributed by atoms with E-state index < -0.39 is 0 Å². The van der Waals surface area contributed by atoms with Crippen molar-refractivity contribution in [3.8, 4) is 11.8 Å². The minimum Gasteiger partial charge on any atom is -0.0874 e. The van der Waals surface area contributed by atoms with Gasteiger partial charge < -0.3 is 0 Å². The van der Waals surface area contributed by atoms with Gasteiger partial charge in [-0.1, -0.05) is 49.1 Å². The average molecular weight is 208 g/mol. The van der Waals surface area contributed by atoms with E-state index in [2.05, 4.69) is 62.1 Å². The summed E-state index contributed by atoms with van der Waals surface area (Å²) in [5.41, 5.74) is 5.18. The topological polar surface area (TPSA) is 0 Å². The number of benzene rings is 1. The summed E-state index contributed by atoms with van der Waals surface area (Å²) in [6, 6.07) is 8.41. The van der Waals surface area contributed by atoms with Crippen molar-refractivity contribution in [2.24, 2.45) is 0 Å². The van der Waals surface area contributed by atoms with Crippen molar-refractivity contribution >= 4 is 0 Å². The molecule has 16 heavy (non-hydrogen) atoms. The van der Waals surface area contributed by atoms with Crippen LogP contribution in [0, 0.1) is 11.8 Å². The third-order valence-electron chi connectivity index (χ3n) is 2.87. The Balaban J connectivity index is 2.43. The molecule has 2 rings (SSSR count). The summed E-state index contributed by atoms with van der Waals surface area (Å²) < 4.78 is 0. The molecule has 0 heteroatoms. The number of hydrogen-bond donors (Lipinski definition) is 0. The molecule has 0 heterocycles. The van der Waals surface area contributed by atoms with Crippen LogP contribution in [0.4, 0.5) is 0 Å². The molecule has 80 valence electrons. The fourth-order valence-corrected chi connectivity index (χ4v) is 2.00. The maximum Gasteiger partial charge on any atom is 0.0284 e. The van der Waals surface area contributed by atoms with Crippen molar-refractivity contribution in [2.75, 3.05) is 0 Å². The molecule has 1 aliphatic rings. The molecule has 0 bridgehead atoms. The minimum absolute atomic E-state index is 0.983. The van der Waals surface area contributed by atoms with E-state index in [0.29, 0.717) is 0 Å². The van der Waals surface area contributed by atoms with Gasteiger partial charge in [0.25, 0.3) is 0 Å². The number of rotatable bonds is 2. The highest BCUT2D eigenvalue weighted by Gasteiger charge is 2.09. The van der Waals surface area contributed by atoms with Crippen molar-refractivity contribution in [3.05, 3.63) is 58.7 Å². The lowest BCUT2D eigenvalue weighted by Gasteiger charge is -2.11. The maximum atomic E-state index is 3.29. The standard InChI is InChI=1S/C16H16/c1-3-7-13(4-2)16-11-10-14-8-5-6-9-15(14)12-16/h3,5-9H,4,12H2,1-2H3/b7-3-,16-13-. The third kappa shape index (κ3) is 2.09. The highest BCUT2D eigenvalue weighted by molar-refractivity contribution is 5.55. The molecule has 0 saturated carbocycles. The molecule has 0 spiro atoms. The maximum absolute atomic E-state index is 3.29. The van der Waals surface area contributed by atoms with Crippen LogP contribution in [0.15, 0.2) is 47.6 Å². The quantitative estimate of drug-likeness (QED) is 0.647. The van der Waals surface area contributed by atoms with Crippen molar-refractivity contribution in [1.29, 1.82) is 0 Å². The molecule has 0 aromatic heterocycles. The summed E-state index contributed by atoms with van der Waals surface area (Å²) in [7, 11) is 0. The summed E-state index contributed by atoms with van der Waals surface area (Å²) in [5, 5.41) is 0. The Bertz CT molecular complexity index is 504. The minimum atomic E-state index is 0.983. The van der Waals surface area contributed by atoms with E-state index in [9.17, 15) is 0 Å². The molecule has 1 aliphatic carbocycles. The summed E-state index contributed by atoms with van der Waals surface area (Å²) >= 11 is 0. The van der Waals surface area contributed by atoms with Crippen LogP contribution in [0.5, 0.6) is 0 Å². The van der Waals surface area contributed by atoms with E-state index >= 15 is 0 Å². The van der Waals surface area contributed by atoms with Crippen LogP contribution in [0.25, 0.3) is 0 Å². The van der Waals surface area contributed by atoms with Crippen LogP contribution in [-0.4, -0.2) is 0 Å². The van der Waals surface area contributed by atoms with Gasteiger partial charge in [0.2, 0.25) is 0 Å². The fraction of sp³-hybridized carbons (Fsp3) is 0.250. The van der Waals surface area contributed by atoms with E-state index in [-0.39, 0.29) is 0 Å². The predicted octanol–water partition coefficient (Wildman–Crippen LogP) is 3.88. The Hall–Kier alpha value is -1.74. The largest absolute Gasteiger partial charge is 0.0874 e. The first-order chi connectivity index (χ1) is 7.85. The lowest BCUT2D eigenvalue weighted by atomic mass is 9.92. The second-order valence-electron chi connectivity index (χ2n) is 3.94. The predicted molar refractivity (Wildman–Crippen MR) is 69.2 cm³/mol. The monoisotopic (exact) mass is 208 g/mol. The fourth-order valence-electron chi connectivity index (χ4n) is 2.00. The van der Waals surface area contributed by atoms with Gasteiger partial charge in [-0.3, -0.25) is 0 Å². The van der Waals surface area contributed by atoms with Crippen molar-refractivity contribution in [1.82, 2.24) is 0 Å². The smallest absolute Gasteiger partial charge is 0.0284 e. The van der Waals surface area contributed by atoms with E-state index in [1.807, 2.05) is 0 Å². The van der Waals surface area contributed by atoms with Gasteiger partial charge >= 0.3 is 0 Å². The first kappa shape index (κ1) is 10.8. The molecular weight excluding hydrogens is 192 g/mol. The van der Waals surface area contributed by atoms with Gasteiger partial charge in [-0.25, -0.2) is 0 Å². The highest BCUT2D eigenvalue weighted by atomic mass is 14.1. The lowest BCUT2D eigenvalue weighted by Crippen LogP contribution is -2.00. The number of hydrogen-bond acceptors (Lipinski definition) is 0. The molecule has 0 atom stereocenters. The van der Waals surface area contributed by atoms with Crippen LogP contribution in [0.1, 0.15) is 31.4 Å². The highest BCUT2D eigenvalue weighted by Crippen LogP contribution is 2.21. The molecule has 1 aromatic carbocycles. The summed E-state index contributed by atoms with van der Waals surface area (Å²) in [4.78, 5) is 0. The summed E-state index contributed by atoms with van der Waals surface area (Å²) in [6.07, 6.45) is 6.30. The van der Waals surface area contributed by atoms with Crippen LogP contribution >= 0.6 is 0 Å². The second kappa shape index (κ2) is 4.86. The van der Waals surface area contributed by atoms with E-state index in [0.717, 1.165) is 12.8 Å². The lowest BCUT2D eigenvalue weighted by molar-refractivity contribution is 1.07. The molecule has 1 aromatic rings.